The highest BCUT2D eigenvalue weighted by Gasteiger charge is 2.30. The van der Waals surface area contributed by atoms with Gasteiger partial charge in [0.2, 0.25) is 0 Å². The molecule has 12 heteroatoms. The van der Waals surface area contributed by atoms with Gasteiger partial charge in [0.25, 0.3) is 5.91 Å². The molecule has 0 aliphatic heterocycles. The molecule has 3 aromatic rings. The molecule has 0 saturated heterocycles. The normalized spacial score (nSPS) is 12.8. The molecule has 0 aliphatic carbocycles. The Morgan fingerprint density at radius 1 is 1.32 bits per heavy atom. The SMILES string of the molecule is Cc1cc(Cl)cc(C(=O)Nc2nc3ccc(C(F)(F)F)cc3s2)c1O[PH](=O)O. The number of anilines is 1. The van der Waals surface area contributed by atoms with Gasteiger partial charge in [-0.15, -0.1) is 0 Å². The number of alkyl halides is 3. The Labute approximate surface area is 165 Å². The molecule has 1 amide bonds. The summed E-state index contributed by atoms with van der Waals surface area (Å²) < 4.78 is 54.6. The molecular weight excluding hydrogens is 440 g/mol. The van der Waals surface area contributed by atoms with Gasteiger partial charge >= 0.3 is 14.4 Å². The molecule has 3 rings (SSSR count). The van der Waals surface area contributed by atoms with E-state index in [1.807, 2.05) is 0 Å². The number of benzene rings is 2. The van der Waals surface area contributed by atoms with Crippen LogP contribution in [0.25, 0.3) is 10.2 Å². The maximum Gasteiger partial charge on any atom is 0.416 e. The first-order valence-corrected chi connectivity index (χ1v) is 10.0. The average molecular weight is 451 g/mol. The summed E-state index contributed by atoms with van der Waals surface area (Å²) in [5.41, 5.74) is -0.278. The quantitative estimate of drug-likeness (QED) is 0.527. The number of fused-ring (bicyclic) bond motifs is 1. The van der Waals surface area contributed by atoms with Crippen LogP contribution in [0.4, 0.5) is 18.3 Å². The fourth-order valence-electron chi connectivity index (χ4n) is 2.44. The van der Waals surface area contributed by atoms with Gasteiger partial charge in [0.05, 0.1) is 21.3 Å². The third-order valence-electron chi connectivity index (χ3n) is 3.61. The lowest BCUT2D eigenvalue weighted by Crippen LogP contribution is -2.13. The summed E-state index contributed by atoms with van der Waals surface area (Å²) in [7, 11) is -3.38. The number of nitrogens with zero attached hydrogens (tertiary/aromatic N) is 1. The highest BCUT2D eigenvalue weighted by atomic mass is 35.5. The molecule has 0 fully saturated rings. The molecule has 0 saturated carbocycles. The Balaban J connectivity index is 1.94. The summed E-state index contributed by atoms with van der Waals surface area (Å²) in [5.74, 6) is -0.854. The zero-order valence-electron chi connectivity index (χ0n) is 13.9. The average Bonchev–Trinajstić information content (AvgIpc) is 2.97. The molecule has 1 aromatic heterocycles. The Kier molecular flexibility index (Phi) is 5.67. The number of hydrogen-bond donors (Lipinski definition) is 2. The summed E-state index contributed by atoms with van der Waals surface area (Å²) in [6.07, 6.45) is -4.49. The summed E-state index contributed by atoms with van der Waals surface area (Å²) in [6, 6.07) is 5.76. The minimum Gasteiger partial charge on any atom is -0.425 e. The van der Waals surface area contributed by atoms with E-state index in [2.05, 4.69) is 10.3 Å². The van der Waals surface area contributed by atoms with E-state index < -0.39 is 25.9 Å². The van der Waals surface area contributed by atoms with E-state index >= 15 is 0 Å². The predicted molar refractivity (Wildman–Crippen MR) is 101 cm³/mol. The largest absolute Gasteiger partial charge is 0.425 e. The number of carbonyl (C=O) groups excluding carboxylic acids is 1. The number of aromatic nitrogens is 1. The van der Waals surface area contributed by atoms with Crippen molar-refractivity contribution in [2.45, 2.75) is 13.1 Å². The Bertz CT molecular complexity index is 1100. The van der Waals surface area contributed by atoms with Crippen molar-refractivity contribution < 1.29 is 31.9 Å². The van der Waals surface area contributed by atoms with Crippen LogP contribution in [0, 0.1) is 6.92 Å². The second-order valence-corrected chi connectivity index (χ2v) is 7.82. The van der Waals surface area contributed by atoms with Crippen molar-refractivity contribution in [1.29, 1.82) is 0 Å². The van der Waals surface area contributed by atoms with E-state index in [-0.39, 0.29) is 31.7 Å². The Hall–Kier alpha value is -2.13. The molecule has 6 nitrogen and oxygen atoms in total. The summed E-state index contributed by atoms with van der Waals surface area (Å²) in [6.45, 7) is 1.54. The van der Waals surface area contributed by atoms with Crippen molar-refractivity contribution in [3.05, 3.63) is 52.0 Å². The molecule has 2 aromatic carbocycles. The zero-order valence-corrected chi connectivity index (χ0v) is 16.5. The van der Waals surface area contributed by atoms with Gasteiger partial charge in [0.15, 0.2) is 5.13 Å². The molecule has 0 aliphatic rings. The molecule has 1 unspecified atom stereocenters. The van der Waals surface area contributed by atoms with Gasteiger partial charge in [-0.25, -0.2) is 9.55 Å². The first-order chi connectivity index (χ1) is 13.0. The second-order valence-electron chi connectivity index (χ2n) is 5.62. The van der Waals surface area contributed by atoms with E-state index in [9.17, 15) is 22.5 Å². The molecule has 28 heavy (non-hydrogen) atoms. The van der Waals surface area contributed by atoms with Crippen molar-refractivity contribution in [3.63, 3.8) is 0 Å². The molecule has 148 valence electrons. The van der Waals surface area contributed by atoms with Crippen molar-refractivity contribution in [3.8, 4) is 5.75 Å². The first kappa shape index (κ1) is 20.6. The van der Waals surface area contributed by atoms with Gasteiger partial charge in [0.1, 0.15) is 5.75 Å². The number of rotatable bonds is 4. The molecular formula is C16H11ClF3N2O4PS. The third-order valence-corrected chi connectivity index (χ3v) is 5.14. The molecule has 0 bridgehead atoms. The molecule has 2 N–H and O–H groups in total. The fraction of sp³-hybridized carbons (Fsp3) is 0.125. The number of carbonyl (C=O) groups is 1. The van der Waals surface area contributed by atoms with Crippen molar-refractivity contribution in [1.82, 2.24) is 4.98 Å². The fourth-order valence-corrected chi connectivity index (χ4v) is 4.06. The smallest absolute Gasteiger partial charge is 0.416 e. The van der Waals surface area contributed by atoms with Crippen LogP contribution in [0.3, 0.4) is 0 Å². The van der Waals surface area contributed by atoms with Crippen molar-refractivity contribution in [2.24, 2.45) is 0 Å². The van der Waals surface area contributed by atoms with Crippen molar-refractivity contribution >= 4 is 52.4 Å². The monoisotopic (exact) mass is 450 g/mol. The van der Waals surface area contributed by atoms with Gasteiger partial charge < -0.3 is 9.42 Å². The molecule has 0 spiro atoms. The van der Waals surface area contributed by atoms with E-state index in [0.717, 1.165) is 23.5 Å². The van der Waals surface area contributed by atoms with E-state index in [1.54, 1.807) is 6.92 Å². The Morgan fingerprint density at radius 2 is 2.04 bits per heavy atom. The summed E-state index contributed by atoms with van der Waals surface area (Å²) >= 11 is 6.80. The number of thiazole rings is 1. The third kappa shape index (κ3) is 4.47. The molecule has 0 radical (unpaired) electrons. The van der Waals surface area contributed by atoms with Crippen LogP contribution in [-0.2, 0) is 10.7 Å². The van der Waals surface area contributed by atoms with Crippen LogP contribution < -0.4 is 9.84 Å². The number of amides is 1. The lowest BCUT2D eigenvalue weighted by atomic mass is 10.1. The summed E-state index contributed by atoms with van der Waals surface area (Å²) in [4.78, 5) is 25.7. The minimum absolute atomic E-state index is 0.0551. The van der Waals surface area contributed by atoms with Crippen molar-refractivity contribution in [2.75, 3.05) is 5.32 Å². The van der Waals surface area contributed by atoms with Crippen LogP contribution in [0.5, 0.6) is 5.75 Å². The van der Waals surface area contributed by atoms with Crippen LogP contribution >= 0.6 is 31.2 Å². The first-order valence-electron chi connectivity index (χ1n) is 7.54. The zero-order chi connectivity index (χ0) is 20.6. The van der Waals surface area contributed by atoms with Gasteiger partial charge in [-0.3, -0.25) is 10.1 Å². The predicted octanol–water partition coefficient (Wildman–Crippen LogP) is 5.29. The highest BCUT2D eigenvalue weighted by molar-refractivity contribution is 7.32. The maximum absolute atomic E-state index is 12.8. The highest BCUT2D eigenvalue weighted by Crippen LogP contribution is 2.36. The lowest BCUT2D eigenvalue weighted by Gasteiger charge is -2.12. The van der Waals surface area contributed by atoms with Gasteiger partial charge in [-0.1, -0.05) is 22.9 Å². The standard InChI is InChI=1S/C16H11ClF3N2O4PS/c1-7-4-9(17)6-10(13(7)26-27(24)25)14(23)22-15-21-11-3-2-8(16(18,19)20)5-12(11)28-15/h2-6,27H,1H3,(H,24,25)(H,21,22,23). The van der Waals surface area contributed by atoms with Gasteiger partial charge in [0, 0.05) is 5.02 Å². The van der Waals surface area contributed by atoms with E-state index in [1.165, 1.54) is 18.2 Å². The second kappa shape index (κ2) is 7.71. The van der Waals surface area contributed by atoms with Crippen LogP contribution in [0.1, 0.15) is 21.5 Å². The number of nitrogens with one attached hydrogen (secondary N) is 1. The maximum atomic E-state index is 12.8. The van der Waals surface area contributed by atoms with E-state index in [0.29, 0.717) is 5.56 Å². The Morgan fingerprint density at radius 3 is 2.68 bits per heavy atom. The number of hydrogen-bond acceptors (Lipinski definition) is 5. The summed E-state index contributed by atoms with van der Waals surface area (Å²) in [5, 5.41) is 2.71. The van der Waals surface area contributed by atoms with Gasteiger partial charge in [-0.2, -0.15) is 13.2 Å². The molecule has 1 heterocycles. The number of halogens is 4. The topological polar surface area (TPSA) is 88.5 Å². The minimum atomic E-state index is -4.49. The number of aryl methyl sites for hydroxylation is 1. The lowest BCUT2D eigenvalue weighted by molar-refractivity contribution is -0.137. The molecule has 1 atom stereocenters. The van der Waals surface area contributed by atoms with Gasteiger partial charge in [-0.05, 0) is 42.8 Å². The van der Waals surface area contributed by atoms with E-state index in [4.69, 9.17) is 21.0 Å². The van der Waals surface area contributed by atoms with Crippen LogP contribution in [-0.4, -0.2) is 15.8 Å². The van der Waals surface area contributed by atoms with Crippen LogP contribution in [0.2, 0.25) is 5.02 Å². The van der Waals surface area contributed by atoms with Crippen LogP contribution in [0.15, 0.2) is 30.3 Å².